The third-order valence-corrected chi connectivity index (χ3v) is 5.48. The van der Waals surface area contributed by atoms with E-state index in [4.69, 9.17) is 14.2 Å². The fourth-order valence-electron chi connectivity index (χ4n) is 3.76. The minimum Gasteiger partial charge on any atom is -0.497 e. The second-order valence-electron chi connectivity index (χ2n) is 7.60. The zero-order valence-corrected chi connectivity index (χ0v) is 18.6. The number of hydrogen-bond donors (Lipinski definition) is 0. The lowest BCUT2D eigenvalue weighted by Gasteiger charge is -2.31. The van der Waals surface area contributed by atoms with E-state index < -0.39 is 0 Å². The Kier molecular flexibility index (Phi) is 7.93. The highest BCUT2D eigenvalue weighted by molar-refractivity contribution is 5.98. The van der Waals surface area contributed by atoms with Gasteiger partial charge >= 0.3 is 0 Å². The van der Waals surface area contributed by atoms with Crippen LogP contribution in [0.2, 0.25) is 0 Å². The smallest absolute Gasteiger partial charge is 0.253 e. The lowest BCUT2D eigenvalue weighted by atomic mass is 9.88. The first-order chi connectivity index (χ1) is 15.1. The van der Waals surface area contributed by atoms with Crippen molar-refractivity contribution in [3.63, 3.8) is 0 Å². The topological polar surface area (TPSA) is 65.1 Å². The molecule has 0 bridgehead atoms. The van der Waals surface area contributed by atoms with E-state index in [1.807, 2.05) is 18.7 Å². The maximum Gasteiger partial charge on any atom is 0.253 e. The molecule has 1 aliphatic rings. The third-order valence-electron chi connectivity index (χ3n) is 5.48. The van der Waals surface area contributed by atoms with Gasteiger partial charge in [-0.3, -0.25) is 9.59 Å². The number of carbonyl (C=O) groups is 2. The Morgan fingerprint density at radius 2 is 1.61 bits per heavy atom. The number of ketones is 1. The number of Topliss-reactive ketones (excluding diaryl/α,β-unsaturated/α-hetero) is 1. The number of hydrogen-bond acceptors (Lipinski definition) is 5. The van der Waals surface area contributed by atoms with Crippen molar-refractivity contribution in [3.8, 4) is 17.2 Å². The normalized spacial score (nSPS) is 14.2. The van der Waals surface area contributed by atoms with Gasteiger partial charge in [0.05, 0.1) is 20.3 Å². The van der Waals surface area contributed by atoms with Crippen molar-refractivity contribution in [2.45, 2.75) is 33.1 Å². The van der Waals surface area contributed by atoms with E-state index in [0.29, 0.717) is 61.8 Å². The number of likely N-dealkylation sites (tertiary alicyclic amines) is 1. The zero-order valence-electron chi connectivity index (χ0n) is 18.6. The molecule has 1 amide bonds. The first kappa shape index (κ1) is 22.7. The quantitative estimate of drug-likeness (QED) is 0.549. The number of ether oxygens (including phenoxy) is 3. The fourth-order valence-corrected chi connectivity index (χ4v) is 3.76. The third kappa shape index (κ3) is 5.57. The molecule has 166 valence electrons. The highest BCUT2D eigenvalue weighted by Gasteiger charge is 2.28. The second-order valence-corrected chi connectivity index (χ2v) is 7.60. The Bertz CT molecular complexity index is 885. The highest BCUT2D eigenvalue weighted by Crippen LogP contribution is 2.30. The van der Waals surface area contributed by atoms with Crippen LogP contribution in [0.5, 0.6) is 17.2 Å². The summed E-state index contributed by atoms with van der Waals surface area (Å²) in [7, 11) is 1.60. The number of piperidine rings is 1. The maximum absolute atomic E-state index is 13.0. The van der Waals surface area contributed by atoms with Crippen molar-refractivity contribution in [1.82, 2.24) is 4.90 Å². The van der Waals surface area contributed by atoms with E-state index in [1.165, 1.54) is 0 Å². The van der Waals surface area contributed by atoms with E-state index in [2.05, 4.69) is 0 Å². The molecule has 0 unspecified atom stereocenters. The van der Waals surface area contributed by atoms with Crippen LogP contribution >= 0.6 is 0 Å². The summed E-state index contributed by atoms with van der Waals surface area (Å²) >= 11 is 0. The van der Waals surface area contributed by atoms with Gasteiger partial charge in [-0.2, -0.15) is 0 Å². The number of rotatable bonds is 9. The molecule has 0 saturated carbocycles. The monoisotopic (exact) mass is 425 g/mol. The summed E-state index contributed by atoms with van der Waals surface area (Å²) in [5, 5.41) is 0. The van der Waals surface area contributed by atoms with Gasteiger partial charge in [0.25, 0.3) is 5.91 Å². The predicted octanol–water partition coefficient (Wildman–Crippen LogP) is 4.62. The van der Waals surface area contributed by atoms with Crippen LogP contribution in [0.1, 0.15) is 53.8 Å². The first-order valence-electron chi connectivity index (χ1n) is 10.9. The summed E-state index contributed by atoms with van der Waals surface area (Å²) in [6, 6.07) is 12.5. The Labute approximate surface area is 184 Å². The molecule has 1 fully saturated rings. The van der Waals surface area contributed by atoms with Gasteiger partial charge in [0.15, 0.2) is 17.3 Å². The molecule has 0 N–H and O–H groups in total. The molecule has 2 aromatic rings. The predicted molar refractivity (Wildman–Crippen MR) is 119 cm³/mol. The SMILES string of the molecule is CCCOc1ccc(C(=O)N2CCC(C(=O)c3ccc(OC)cc3)CC2)cc1OCC. The van der Waals surface area contributed by atoms with Crippen LogP contribution in [0.25, 0.3) is 0 Å². The molecular formula is C25H31NO5. The van der Waals surface area contributed by atoms with Crippen LogP contribution in [0.4, 0.5) is 0 Å². The van der Waals surface area contributed by atoms with Crippen LogP contribution in [-0.4, -0.2) is 50.0 Å². The van der Waals surface area contributed by atoms with Crippen LogP contribution < -0.4 is 14.2 Å². The van der Waals surface area contributed by atoms with Gasteiger partial charge in [-0.05, 0) is 68.7 Å². The molecule has 3 rings (SSSR count). The zero-order chi connectivity index (χ0) is 22.2. The van der Waals surface area contributed by atoms with Crippen LogP contribution in [-0.2, 0) is 0 Å². The average Bonchev–Trinajstić information content (AvgIpc) is 2.82. The van der Waals surface area contributed by atoms with Crippen LogP contribution in [0.15, 0.2) is 42.5 Å². The molecule has 0 spiro atoms. The molecule has 0 atom stereocenters. The molecule has 1 saturated heterocycles. The van der Waals surface area contributed by atoms with Gasteiger partial charge in [0.1, 0.15) is 5.75 Å². The summed E-state index contributed by atoms with van der Waals surface area (Å²) in [4.78, 5) is 27.7. The lowest BCUT2D eigenvalue weighted by molar-refractivity contribution is 0.0650. The molecule has 31 heavy (non-hydrogen) atoms. The molecule has 0 radical (unpaired) electrons. The molecule has 6 nitrogen and oxygen atoms in total. The molecule has 2 aromatic carbocycles. The minimum absolute atomic E-state index is 0.0432. The van der Waals surface area contributed by atoms with Crippen molar-refractivity contribution in [2.75, 3.05) is 33.4 Å². The van der Waals surface area contributed by atoms with Gasteiger partial charge in [0.2, 0.25) is 0 Å². The standard InChI is InChI=1S/C25H31NO5/c1-4-16-31-22-11-8-20(17-23(22)30-5-2)25(28)26-14-12-19(13-15-26)24(27)18-6-9-21(29-3)10-7-18/h6-11,17,19H,4-5,12-16H2,1-3H3. The minimum atomic E-state index is -0.0683. The Morgan fingerprint density at radius 1 is 0.935 bits per heavy atom. The fraction of sp³-hybridized carbons (Fsp3) is 0.440. The van der Waals surface area contributed by atoms with Crippen molar-refractivity contribution < 1.29 is 23.8 Å². The van der Waals surface area contributed by atoms with Gasteiger partial charge in [-0.1, -0.05) is 6.92 Å². The number of amides is 1. The summed E-state index contributed by atoms with van der Waals surface area (Å²) < 4.78 is 16.6. The maximum atomic E-state index is 13.0. The Balaban J connectivity index is 1.62. The average molecular weight is 426 g/mol. The van der Waals surface area contributed by atoms with Crippen molar-refractivity contribution in [3.05, 3.63) is 53.6 Å². The summed E-state index contributed by atoms with van der Waals surface area (Å²) in [6.45, 7) is 6.17. The van der Waals surface area contributed by atoms with Gasteiger partial charge < -0.3 is 19.1 Å². The molecule has 6 heteroatoms. The highest BCUT2D eigenvalue weighted by atomic mass is 16.5. The van der Waals surface area contributed by atoms with Crippen molar-refractivity contribution in [2.24, 2.45) is 5.92 Å². The van der Waals surface area contributed by atoms with Crippen molar-refractivity contribution in [1.29, 1.82) is 0 Å². The number of carbonyl (C=O) groups excluding carboxylic acids is 2. The molecule has 0 aromatic heterocycles. The van der Waals surface area contributed by atoms with E-state index in [-0.39, 0.29) is 17.6 Å². The summed E-state index contributed by atoms with van der Waals surface area (Å²) in [5.41, 5.74) is 1.27. The number of benzene rings is 2. The van der Waals surface area contributed by atoms with Crippen LogP contribution in [0.3, 0.4) is 0 Å². The molecule has 1 heterocycles. The molecule has 0 aliphatic carbocycles. The first-order valence-corrected chi connectivity index (χ1v) is 10.9. The second kappa shape index (κ2) is 10.8. The summed E-state index contributed by atoms with van der Waals surface area (Å²) in [5.74, 6) is 2.00. The van der Waals surface area contributed by atoms with E-state index >= 15 is 0 Å². The van der Waals surface area contributed by atoms with Crippen LogP contribution in [0, 0.1) is 5.92 Å². The van der Waals surface area contributed by atoms with E-state index in [0.717, 1.165) is 12.2 Å². The number of methoxy groups -OCH3 is 1. The largest absolute Gasteiger partial charge is 0.497 e. The summed E-state index contributed by atoms with van der Waals surface area (Å²) in [6.07, 6.45) is 2.22. The lowest BCUT2D eigenvalue weighted by Crippen LogP contribution is -2.40. The van der Waals surface area contributed by atoms with Gasteiger partial charge in [0, 0.05) is 30.1 Å². The van der Waals surface area contributed by atoms with E-state index in [9.17, 15) is 9.59 Å². The Morgan fingerprint density at radius 3 is 2.23 bits per heavy atom. The van der Waals surface area contributed by atoms with Gasteiger partial charge in [-0.15, -0.1) is 0 Å². The van der Waals surface area contributed by atoms with Gasteiger partial charge in [-0.25, -0.2) is 0 Å². The number of nitrogens with zero attached hydrogens (tertiary/aromatic N) is 1. The van der Waals surface area contributed by atoms with E-state index in [1.54, 1.807) is 49.6 Å². The van der Waals surface area contributed by atoms with Crippen molar-refractivity contribution >= 4 is 11.7 Å². The molecule has 1 aliphatic heterocycles. The molecular weight excluding hydrogens is 394 g/mol. The Hall–Kier alpha value is -3.02.